The zero-order valence-corrected chi connectivity index (χ0v) is 23.8. The number of nitrogens with one attached hydrogen (secondary N) is 1. The molecule has 0 atom stereocenters. The van der Waals surface area contributed by atoms with Crippen LogP contribution in [0.1, 0.15) is 33.8 Å². The van der Waals surface area contributed by atoms with E-state index in [-0.39, 0.29) is 5.69 Å². The summed E-state index contributed by atoms with van der Waals surface area (Å²) < 4.78 is 21.4. The van der Waals surface area contributed by atoms with Crippen molar-refractivity contribution in [1.29, 1.82) is 0 Å². The van der Waals surface area contributed by atoms with Crippen LogP contribution in [0.5, 0.6) is 11.5 Å². The van der Waals surface area contributed by atoms with E-state index in [0.717, 1.165) is 13.0 Å². The van der Waals surface area contributed by atoms with E-state index in [9.17, 15) is 9.59 Å². The fraction of sp³-hybridized carbons (Fsp3) is 0.440. The summed E-state index contributed by atoms with van der Waals surface area (Å²) in [4.78, 5) is 31.7. The Hall–Kier alpha value is -4.00. The van der Waals surface area contributed by atoms with Gasteiger partial charge in [-0.25, -0.2) is 24.2 Å². The number of pyridine rings is 2. The summed E-state index contributed by atoms with van der Waals surface area (Å²) >= 11 is 0. The minimum atomic E-state index is -1.02. The van der Waals surface area contributed by atoms with Crippen LogP contribution < -0.4 is 9.47 Å². The molecule has 0 unspecified atom stereocenters. The fourth-order valence-electron chi connectivity index (χ4n) is 3.72. The molecule has 0 spiro atoms. The number of aryl methyl sites for hydroxylation is 1. The molecule has 4 aromatic heterocycles. The van der Waals surface area contributed by atoms with Crippen molar-refractivity contribution in [2.45, 2.75) is 45.1 Å². The van der Waals surface area contributed by atoms with Gasteiger partial charge in [-0.15, -0.1) is 0 Å². The predicted octanol–water partition coefficient (Wildman–Crippen LogP) is 4.10. The average molecular weight is 543 g/mol. The number of aromatic nitrogens is 6. The van der Waals surface area contributed by atoms with Crippen LogP contribution in [0.4, 0.5) is 0 Å². The Morgan fingerprint density at radius 3 is 2.13 bits per heavy atom. The first-order valence-electron chi connectivity index (χ1n) is 12.1. The van der Waals surface area contributed by atoms with Crippen LogP contribution in [0.15, 0.2) is 24.5 Å². The number of rotatable bonds is 9. The van der Waals surface area contributed by atoms with Crippen molar-refractivity contribution in [2.75, 3.05) is 28.4 Å². The van der Waals surface area contributed by atoms with Gasteiger partial charge in [-0.3, -0.25) is 5.10 Å². The third-order valence-electron chi connectivity index (χ3n) is 5.73. The molecule has 0 aromatic carbocycles. The smallest absolute Gasteiger partial charge is 0.359 e. The first kappa shape index (κ1) is 28.6. The highest BCUT2D eigenvalue weighted by atomic mass is 28.3. The van der Waals surface area contributed by atoms with Gasteiger partial charge in [-0.05, 0) is 18.6 Å². The van der Waals surface area contributed by atoms with Crippen LogP contribution in [0, 0.1) is 0 Å². The van der Waals surface area contributed by atoms with Crippen molar-refractivity contribution in [3.63, 3.8) is 0 Å². The predicted molar refractivity (Wildman–Crippen MR) is 145 cm³/mol. The Balaban J connectivity index is 0.000000230. The summed E-state index contributed by atoms with van der Waals surface area (Å²) in [5.74, 6) is 0.230. The summed E-state index contributed by atoms with van der Waals surface area (Å²) in [6.07, 6.45) is 5.37. The van der Waals surface area contributed by atoms with Crippen molar-refractivity contribution in [3.05, 3.63) is 35.9 Å². The van der Waals surface area contributed by atoms with E-state index in [1.165, 1.54) is 40.0 Å². The number of fused-ring (bicyclic) bond motifs is 2. The van der Waals surface area contributed by atoms with Gasteiger partial charge < -0.3 is 18.9 Å². The molecule has 0 fully saturated rings. The number of carbonyl (C=O) groups excluding carboxylic acids is 2. The first-order valence-corrected chi connectivity index (χ1v) is 15.8. The molecule has 0 bridgehead atoms. The lowest BCUT2D eigenvalue weighted by molar-refractivity contribution is 0.0586. The van der Waals surface area contributed by atoms with E-state index in [2.05, 4.69) is 49.6 Å². The molecule has 4 aromatic rings. The molecule has 204 valence electrons. The van der Waals surface area contributed by atoms with E-state index >= 15 is 0 Å². The molecule has 0 saturated heterocycles. The van der Waals surface area contributed by atoms with Gasteiger partial charge in [0.25, 0.3) is 0 Å². The van der Waals surface area contributed by atoms with Crippen LogP contribution in [0.25, 0.3) is 22.1 Å². The lowest BCUT2D eigenvalue weighted by Gasteiger charge is -2.14. The minimum absolute atomic E-state index is 0.277. The maximum Gasteiger partial charge on any atom is 0.359 e. The van der Waals surface area contributed by atoms with E-state index < -0.39 is 20.0 Å². The zero-order chi connectivity index (χ0) is 27.9. The van der Waals surface area contributed by atoms with Gasteiger partial charge in [0.05, 0.1) is 51.6 Å². The standard InChI is InChI=1S/C16H25N3O3Si.C9H9N3O3/c1-21-12-10-13-14(16(20)22-2)18-19(15(13)17-11-12)8-6-7-9-23(3,4)5;1-14-5-3-6-7(9(13)15-2)11-12-8(6)10-4-5/h10-11H,6-9H2,1-5H3;3-4H,1-2H3,(H,10,11,12). The number of hydrogen-bond acceptors (Lipinski definition) is 10. The van der Waals surface area contributed by atoms with Crippen LogP contribution in [-0.2, 0) is 16.0 Å². The second-order valence-electron chi connectivity index (χ2n) is 9.66. The molecule has 0 aliphatic heterocycles. The highest BCUT2D eigenvalue weighted by Gasteiger charge is 2.20. The third kappa shape index (κ3) is 6.85. The van der Waals surface area contributed by atoms with Crippen LogP contribution in [0.3, 0.4) is 0 Å². The van der Waals surface area contributed by atoms with Crippen molar-refractivity contribution < 1.29 is 28.5 Å². The highest BCUT2D eigenvalue weighted by molar-refractivity contribution is 6.76. The number of H-pyrrole nitrogens is 1. The maximum absolute atomic E-state index is 11.9. The summed E-state index contributed by atoms with van der Waals surface area (Å²) in [5, 5.41) is 12.1. The second kappa shape index (κ2) is 12.5. The van der Waals surface area contributed by atoms with Gasteiger partial charge in [0.1, 0.15) is 11.5 Å². The zero-order valence-electron chi connectivity index (χ0n) is 22.8. The molecule has 0 radical (unpaired) electrons. The first-order chi connectivity index (χ1) is 18.1. The number of carbonyl (C=O) groups is 2. The van der Waals surface area contributed by atoms with Gasteiger partial charge in [0.2, 0.25) is 0 Å². The second-order valence-corrected chi connectivity index (χ2v) is 15.3. The van der Waals surface area contributed by atoms with Crippen molar-refractivity contribution in [3.8, 4) is 11.5 Å². The van der Waals surface area contributed by atoms with Crippen LogP contribution in [-0.4, -0.2) is 78.4 Å². The van der Waals surface area contributed by atoms with Gasteiger partial charge in [0, 0.05) is 14.6 Å². The molecule has 1 N–H and O–H groups in total. The Morgan fingerprint density at radius 1 is 0.895 bits per heavy atom. The molecule has 4 rings (SSSR count). The van der Waals surface area contributed by atoms with E-state index in [1.807, 2.05) is 0 Å². The highest BCUT2D eigenvalue weighted by Crippen LogP contribution is 2.23. The lowest BCUT2D eigenvalue weighted by atomic mass is 10.2. The summed E-state index contributed by atoms with van der Waals surface area (Å²) in [6.45, 7) is 7.87. The fourth-order valence-corrected chi connectivity index (χ4v) is 5.03. The summed E-state index contributed by atoms with van der Waals surface area (Å²) in [5.41, 5.74) is 1.72. The molecule has 0 saturated carbocycles. The summed E-state index contributed by atoms with van der Waals surface area (Å²) in [6, 6.07) is 4.75. The van der Waals surface area contributed by atoms with Gasteiger partial charge in [-0.2, -0.15) is 10.2 Å². The average Bonchev–Trinajstić information content (AvgIpc) is 3.50. The van der Waals surface area contributed by atoms with E-state index in [1.54, 1.807) is 30.1 Å². The molecule has 0 aliphatic carbocycles. The molecular weight excluding hydrogens is 508 g/mol. The topological polar surface area (TPSA) is 143 Å². The van der Waals surface area contributed by atoms with Crippen molar-refractivity contribution in [1.82, 2.24) is 29.9 Å². The van der Waals surface area contributed by atoms with Crippen molar-refractivity contribution in [2.24, 2.45) is 0 Å². The molecule has 13 heteroatoms. The summed E-state index contributed by atoms with van der Waals surface area (Å²) in [7, 11) is 4.75. The molecule has 12 nitrogen and oxygen atoms in total. The SMILES string of the molecule is COC(=O)c1[nH]nc2ncc(OC)cc12.COC(=O)c1nn(CCCC[Si](C)(C)C)c2ncc(OC)cc12. The largest absolute Gasteiger partial charge is 0.495 e. The number of aromatic amines is 1. The van der Waals surface area contributed by atoms with E-state index in [4.69, 9.17) is 14.2 Å². The normalized spacial score (nSPS) is 11.1. The number of unbranched alkanes of at least 4 members (excludes halogenated alkanes) is 1. The Morgan fingerprint density at radius 2 is 1.53 bits per heavy atom. The lowest BCUT2D eigenvalue weighted by Crippen LogP contribution is -2.19. The maximum atomic E-state index is 11.9. The molecule has 4 heterocycles. The molecule has 0 amide bonds. The minimum Gasteiger partial charge on any atom is -0.495 e. The van der Waals surface area contributed by atoms with Gasteiger partial charge in [0.15, 0.2) is 22.7 Å². The Kier molecular flexibility index (Phi) is 9.39. The molecule has 38 heavy (non-hydrogen) atoms. The number of esters is 2. The molecular formula is C25H34N6O6Si. The number of nitrogens with zero attached hydrogens (tertiary/aromatic N) is 5. The Bertz CT molecular complexity index is 1410. The third-order valence-corrected chi connectivity index (χ3v) is 7.59. The van der Waals surface area contributed by atoms with Crippen LogP contribution >= 0.6 is 0 Å². The monoisotopic (exact) mass is 542 g/mol. The Labute approximate surface area is 221 Å². The molecule has 0 aliphatic rings. The number of methoxy groups -OCH3 is 4. The van der Waals surface area contributed by atoms with Crippen LogP contribution in [0.2, 0.25) is 25.7 Å². The van der Waals surface area contributed by atoms with Gasteiger partial charge >= 0.3 is 11.9 Å². The quantitative estimate of drug-likeness (QED) is 0.186. The number of hydrogen-bond donors (Lipinski definition) is 1. The number of ether oxygens (including phenoxy) is 4. The van der Waals surface area contributed by atoms with Crippen molar-refractivity contribution >= 4 is 42.1 Å². The van der Waals surface area contributed by atoms with Gasteiger partial charge in [-0.1, -0.05) is 32.1 Å². The van der Waals surface area contributed by atoms with E-state index in [0.29, 0.717) is 39.3 Å².